The Morgan fingerprint density at radius 1 is 0.137 bits per heavy atom. The molecule has 0 saturated heterocycles. The third-order valence-electron chi connectivity index (χ3n) is 36.9. The van der Waals surface area contributed by atoms with Gasteiger partial charge in [0.25, 0.3) is 0 Å². The molecule has 0 aliphatic heterocycles. The van der Waals surface area contributed by atoms with E-state index in [9.17, 15) is 0 Å². The first-order valence-electron chi connectivity index (χ1n) is 50.6. The van der Waals surface area contributed by atoms with Crippen molar-refractivity contribution in [2.75, 3.05) is 0 Å². The minimum absolute atomic E-state index is 0.0496. The van der Waals surface area contributed by atoms with Crippen LogP contribution in [-0.4, -0.2) is 58.7 Å². The molecule has 0 saturated carbocycles. The van der Waals surface area contributed by atoms with Gasteiger partial charge in [-0.2, -0.15) is 30.6 Å². The summed E-state index contributed by atoms with van der Waals surface area (Å²) >= 11 is 0. The highest BCUT2D eigenvalue weighted by Gasteiger charge is 2.43. The zero-order valence-corrected chi connectivity index (χ0v) is 95.9. The van der Waals surface area contributed by atoms with Crippen LogP contribution in [0.15, 0.2) is 0 Å². The number of fused-ring (bicyclic) bond motifs is 9. The smallest absolute Gasteiger partial charge is 0.0778 e. The molecule has 12 heteroatoms. The van der Waals surface area contributed by atoms with Gasteiger partial charge in [0.2, 0.25) is 0 Å². The van der Waals surface area contributed by atoms with E-state index in [2.05, 4.69) is 396 Å². The molecule has 6 heterocycles. The highest BCUT2D eigenvalue weighted by molar-refractivity contribution is 6.06. The molecule has 730 valence electrons. The summed E-state index contributed by atoms with van der Waals surface area (Å²) in [5.41, 5.74) is 88.2. The van der Waals surface area contributed by atoms with Crippen LogP contribution in [0.4, 0.5) is 0 Å². The first-order chi connectivity index (χ1) is 64.5. The van der Waals surface area contributed by atoms with Gasteiger partial charge in [0, 0.05) is 58.9 Å². The van der Waals surface area contributed by atoms with E-state index in [1.807, 2.05) is 11.7 Å². The zero-order valence-electron chi connectivity index (χ0n) is 95.9. The molecule has 139 heavy (non-hydrogen) atoms. The molecule has 0 N–H and O–H groups in total. The van der Waals surface area contributed by atoms with Gasteiger partial charge in [-0.3, -0.25) is 14.0 Å². The molecule has 18 rings (SSSR count). The second-order valence-corrected chi connectivity index (χ2v) is 43.5. The van der Waals surface area contributed by atoms with Gasteiger partial charge in [-0.05, 0) is 623 Å². The number of benzene rings is 11. The fourth-order valence-electron chi connectivity index (χ4n) is 25.5. The predicted octanol–water partition coefficient (Wildman–Crippen LogP) is 32.9. The van der Waals surface area contributed by atoms with E-state index in [4.69, 9.17) is 25.5 Å². The van der Waals surface area contributed by atoms with Crippen molar-refractivity contribution in [2.24, 2.45) is 21.1 Å². The topological polar surface area (TPSA) is 107 Å². The maximum Gasteiger partial charge on any atom is 0.0778 e. The van der Waals surface area contributed by atoms with E-state index in [0.29, 0.717) is 0 Å². The van der Waals surface area contributed by atoms with Crippen LogP contribution in [0.3, 0.4) is 0 Å². The van der Waals surface area contributed by atoms with Crippen molar-refractivity contribution in [1.29, 1.82) is 0 Å². The molecule has 0 atom stereocenters. The summed E-state index contributed by atoms with van der Waals surface area (Å²) in [6.07, 6.45) is 0. The van der Waals surface area contributed by atoms with Gasteiger partial charge in [0.15, 0.2) is 0 Å². The van der Waals surface area contributed by atoms with Gasteiger partial charge in [-0.1, -0.05) is 13.8 Å². The van der Waals surface area contributed by atoms with Crippen LogP contribution in [0, 0.1) is 339 Å². The van der Waals surface area contributed by atoms with E-state index in [-0.39, 0.29) is 5.41 Å². The average molecular weight is 1860 g/mol. The Hall–Kier alpha value is -11.8. The zero-order chi connectivity index (χ0) is 104. The van der Waals surface area contributed by atoms with E-state index in [0.717, 1.165) is 34.2 Å². The Kier molecular flexibility index (Phi) is 26.8. The largest absolute Gasteiger partial charge is 0.267 e. The van der Waals surface area contributed by atoms with Gasteiger partial charge in [-0.15, -0.1) is 0 Å². The van der Waals surface area contributed by atoms with Crippen LogP contribution >= 0.6 is 0 Å². The van der Waals surface area contributed by atoms with Crippen LogP contribution in [0.5, 0.6) is 0 Å². The summed E-state index contributed by atoms with van der Waals surface area (Å²) in [7, 11) is 6.17. The molecule has 12 nitrogen and oxygen atoms in total. The number of aryl methyl sites for hydroxylation is 19. The van der Waals surface area contributed by atoms with E-state index >= 15 is 0 Å². The quantitative estimate of drug-likeness (QED) is 0.170. The molecule has 0 unspecified atom stereocenters. The summed E-state index contributed by atoms with van der Waals surface area (Å²) < 4.78 is 12.8. The van der Waals surface area contributed by atoms with Crippen molar-refractivity contribution in [2.45, 2.75) is 359 Å². The minimum atomic E-state index is -0.0496. The summed E-state index contributed by atoms with van der Waals surface area (Å²) in [5, 5.41) is 37.4. The number of nitrogens with zero attached hydrogens (tertiary/aromatic N) is 12. The lowest BCUT2D eigenvalue weighted by Crippen LogP contribution is -2.19. The SMILES string of the molecule is Cc1c(C)c(-n2nc(C)c3c(C)c(C)c(C)c(C)c32)c(C)c(C)c1-n1nc(C)c2c(C)c(C)c(C)c(C)c21.Cc1c(C)c(C)c(-c2c(C)c(C)c(C)c3c2c(C)nn3C)c(C)c1C.Cc1c(C)c(C)c(-n2nc(C)c3c(C)c(C)c(C)c(C)c32)c(C)c1C.Cc1c(C)c(C)c2c(c(C)nn2C)c1C.Cc1c(C)c(C)c2c(c1C)-c1c(C)c(C)c(-c3c(C)c(C)c(C)c4c3c(C)nn4C)c(C)c1C2(C)C. The molecule has 6 aromatic heterocycles. The summed E-state index contributed by atoms with van der Waals surface area (Å²) in [4.78, 5) is 0. The lowest BCUT2D eigenvalue weighted by Gasteiger charge is -2.29. The lowest BCUT2D eigenvalue weighted by atomic mass is 9.74. The van der Waals surface area contributed by atoms with E-state index in [1.165, 1.54) is 366 Å². The van der Waals surface area contributed by atoms with Gasteiger partial charge in [0.05, 0.1) is 84.3 Å². The average Bonchev–Trinajstić information content (AvgIpc) is 1.52. The molecule has 0 radical (unpaired) electrons. The molecule has 0 spiro atoms. The maximum absolute atomic E-state index is 5.17. The Morgan fingerprint density at radius 2 is 0.295 bits per heavy atom. The molecule has 0 fully saturated rings. The van der Waals surface area contributed by atoms with Gasteiger partial charge in [-0.25, -0.2) is 14.0 Å². The standard InChI is InChI=1S/C34H42N4.C34H42N2.2C23H30N2.C13H18N2/c1-15-17(3)21(7)33-29(19(15)5)27(13)35-37(33)31-23(9)25(11)32(26(12)24(31)10)38-34-22(8)18(4)16(2)20(6)30(34)28(14)36-38;1-15-16(2)22(8)31-28(19(15)5)29-21(7)20(6)26(24(10)32(29)34(31,12)13)27-18(4)17(3)23(9)33-30(27)25(11)35-36(33)14;1-11-13(3)17(7)22(18(8)14(11)4)25-23-19(9)15(5)12(2)16(6)21(23)20(10)24-25;1-11-12(2)15(5)20(16(6)13(11)3)21-17(7)14(4)18(8)23-22(21)19(9)24-25(23)10;1-7-8(2)10(4)13-12(9(7)3)11(5)14-15(13)6/h1-14H3;1-14H3;2*1-10H3;1-6H3. The van der Waals surface area contributed by atoms with Crippen LogP contribution in [0.2, 0.25) is 0 Å². The predicted molar refractivity (Wildman–Crippen MR) is 599 cm³/mol. The van der Waals surface area contributed by atoms with E-state index < -0.39 is 0 Å². The molecule has 1 aliphatic carbocycles. The Balaban J connectivity index is 0.000000143. The molecule has 17 aromatic rings. The Morgan fingerprint density at radius 3 is 0.583 bits per heavy atom. The first-order valence-corrected chi connectivity index (χ1v) is 50.6. The highest BCUT2D eigenvalue weighted by atomic mass is 15.3. The third kappa shape index (κ3) is 15.0. The van der Waals surface area contributed by atoms with Gasteiger partial charge < -0.3 is 0 Å². The Labute approximate surface area is 833 Å². The molecule has 1 aliphatic rings. The second-order valence-electron chi connectivity index (χ2n) is 43.5. The number of hydrogen-bond donors (Lipinski definition) is 0. The van der Waals surface area contributed by atoms with Crippen molar-refractivity contribution < 1.29 is 0 Å². The van der Waals surface area contributed by atoms with Crippen molar-refractivity contribution in [3.8, 4) is 50.4 Å². The number of rotatable bonds is 5. The number of hydrogen-bond acceptors (Lipinski definition) is 6. The van der Waals surface area contributed by atoms with Gasteiger partial charge in [0.1, 0.15) is 0 Å². The van der Waals surface area contributed by atoms with Crippen molar-refractivity contribution in [3.05, 3.63) is 285 Å². The number of aromatic nitrogens is 12. The van der Waals surface area contributed by atoms with Gasteiger partial charge >= 0.3 is 0 Å². The van der Waals surface area contributed by atoms with Crippen LogP contribution in [0.1, 0.15) is 298 Å². The lowest BCUT2D eigenvalue weighted by molar-refractivity contribution is 0.649. The first kappa shape index (κ1) is 103. The molecular formula is C127H162N12. The molecule has 0 amide bonds. The van der Waals surface area contributed by atoms with Crippen LogP contribution in [-0.2, 0) is 26.6 Å². The third-order valence-corrected chi connectivity index (χ3v) is 36.9. The maximum atomic E-state index is 5.17. The second kappa shape index (κ2) is 36.1. The molecule has 11 aromatic carbocycles. The summed E-state index contributed by atoms with van der Waals surface area (Å²) in [5.74, 6) is 0. The monoisotopic (exact) mass is 1860 g/mol. The van der Waals surface area contributed by atoms with Crippen LogP contribution < -0.4 is 0 Å². The van der Waals surface area contributed by atoms with Crippen molar-refractivity contribution >= 4 is 65.4 Å². The van der Waals surface area contributed by atoms with Crippen LogP contribution in [0.25, 0.3) is 116 Å². The van der Waals surface area contributed by atoms with Crippen molar-refractivity contribution in [3.63, 3.8) is 0 Å². The summed E-state index contributed by atoms with van der Waals surface area (Å²) in [6, 6.07) is 0. The Bertz CT molecular complexity index is 7990. The highest BCUT2D eigenvalue weighted by Crippen LogP contribution is 2.59. The fourth-order valence-corrected chi connectivity index (χ4v) is 25.5. The van der Waals surface area contributed by atoms with Crippen molar-refractivity contribution in [1.82, 2.24) is 58.7 Å². The molecular weight excluding hydrogens is 1690 g/mol. The minimum Gasteiger partial charge on any atom is -0.267 e. The molecule has 0 bridgehead atoms. The fraction of sp³-hybridized carbons (Fsp3) is 0.433. The normalized spacial score (nSPS) is 12.3. The van der Waals surface area contributed by atoms with E-state index in [1.54, 1.807) is 0 Å². The summed E-state index contributed by atoms with van der Waals surface area (Å²) in [6.45, 7) is 115.